The predicted molar refractivity (Wildman–Crippen MR) is 140 cm³/mol. The maximum atomic E-state index is 13.6. The average molecular weight is 505 g/mol. The molecule has 0 spiro atoms. The maximum absolute atomic E-state index is 13.6. The van der Waals surface area contributed by atoms with Gasteiger partial charge in [0.25, 0.3) is 5.91 Å². The molecule has 0 saturated carbocycles. The molecule has 7 heteroatoms. The Hall–Kier alpha value is -3.42. The summed E-state index contributed by atoms with van der Waals surface area (Å²) in [5.74, 6) is -0.797. The lowest BCUT2D eigenvalue weighted by Crippen LogP contribution is -3.14. The minimum atomic E-state index is -0.714. The molecule has 2 heterocycles. The van der Waals surface area contributed by atoms with Crippen LogP contribution >= 0.6 is 0 Å². The molecule has 2 aromatic carbocycles. The fourth-order valence-corrected chi connectivity index (χ4v) is 4.93. The molecule has 1 atom stereocenters. The summed E-state index contributed by atoms with van der Waals surface area (Å²) < 4.78 is 10.9. The van der Waals surface area contributed by atoms with E-state index in [0.29, 0.717) is 30.4 Å². The van der Waals surface area contributed by atoms with Crippen LogP contribution in [0.4, 0.5) is 0 Å². The van der Waals surface area contributed by atoms with Crippen LogP contribution in [0.25, 0.3) is 5.76 Å². The van der Waals surface area contributed by atoms with Crippen LogP contribution in [-0.4, -0.2) is 62.6 Å². The molecule has 2 saturated heterocycles. The van der Waals surface area contributed by atoms with Crippen molar-refractivity contribution in [3.63, 3.8) is 0 Å². The van der Waals surface area contributed by atoms with Gasteiger partial charge in [0, 0.05) is 18.5 Å². The summed E-state index contributed by atoms with van der Waals surface area (Å²) in [4.78, 5) is 29.5. The van der Waals surface area contributed by atoms with Gasteiger partial charge in [0.15, 0.2) is 0 Å². The van der Waals surface area contributed by atoms with Crippen LogP contribution < -0.4 is 14.7 Å². The third-order valence-corrected chi connectivity index (χ3v) is 7.06. The van der Waals surface area contributed by atoms with Crippen LogP contribution in [0.1, 0.15) is 48.9 Å². The molecule has 1 unspecified atom stereocenters. The zero-order valence-electron chi connectivity index (χ0n) is 21.7. The normalized spacial score (nSPS) is 20.0. The van der Waals surface area contributed by atoms with Crippen molar-refractivity contribution in [2.75, 3.05) is 46.0 Å². The third kappa shape index (κ3) is 6.12. The molecule has 2 aliphatic heterocycles. The lowest BCUT2D eigenvalue weighted by molar-refractivity contribution is -0.908. The second kappa shape index (κ2) is 12.2. The Morgan fingerprint density at radius 1 is 1.14 bits per heavy atom. The fraction of sp³-hybridized carbons (Fsp3) is 0.400. The number of hydrogen-bond donors (Lipinski definition) is 1. The predicted octanol–water partition coefficient (Wildman–Crippen LogP) is 1.90. The minimum absolute atomic E-state index is 0.0146. The van der Waals surface area contributed by atoms with Crippen molar-refractivity contribution in [2.24, 2.45) is 0 Å². The Labute approximate surface area is 219 Å². The number of quaternary nitrogens is 1. The molecule has 4 rings (SSSR count). The first-order valence-corrected chi connectivity index (χ1v) is 13.0. The van der Waals surface area contributed by atoms with Crippen molar-refractivity contribution in [1.29, 1.82) is 0 Å². The van der Waals surface area contributed by atoms with Gasteiger partial charge in [0.2, 0.25) is 5.78 Å². The smallest absolute Gasteiger partial charge is 0.295 e. The van der Waals surface area contributed by atoms with Crippen LogP contribution in [0.3, 0.4) is 0 Å². The number of ether oxygens (including phenoxy) is 2. The number of nitrogens with zero attached hydrogens (tertiary/aromatic N) is 1. The fourth-order valence-electron chi connectivity index (χ4n) is 4.93. The molecule has 2 aliphatic rings. The lowest BCUT2D eigenvalue weighted by atomic mass is 9.93. The van der Waals surface area contributed by atoms with E-state index in [0.717, 1.165) is 50.4 Å². The first kappa shape index (κ1) is 26.6. The zero-order valence-corrected chi connectivity index (χ0v) is 21.7. The molecule has 0 radical (unpaired) electrons. The first-order chi connectivity index (χ1) is 17.9. The number of morpholine rings is 1. The van der Waals surface area contributed by atoms with Gasteiger partial charge in [-0.2, -0.15) is 0 Å². The van der Waals surface area contributed by atoms with E-state index in [2.05, 4.69) is 20.4 Å². The van der Waals surface area contributed by atoms with E-state index in [-0.39, 0.29) is 5.57 Å². The second-order valence-electron chi connectivity index (χ2n) is 9.88. The van der Waals surface area contributed by atoms with E-state index >= 15 is 0 Å². The lowest BCUT2D eigenvalue weighted by Gasteiger charge is -2.29. The maximum Gasteiger partial charge on any atom is 0.295 e. The van der Waals surface area contributed by atoms with Crippen LogP contribution in [0.15, 0.2) is 66.8 Å². The Morgan fingerprint density at radius 3 is 2.43 bits per heavy atom. The molecule has 1 amide bonds. The Morgan fingerprint density at radius 2 is 1.81 bits per heavy atom. The summed E-state index contributed by atoms with van der Waals surface area (Å²) in [6, 6.07) is 13.8. The molecule has 0 bridgehead atoms. The van der Waals surface area contributed by atoms with E-state index in [9.17, 15) is 14.7 Å². The Kier molecular flexibility index (Phi) is 8.79. The van der Waals surface area contributed by atoms with E-state index in [1.165, 1.54) is 4.90 Å². The Bertz CT molecular complexity index is 1130. The molecular weight excluding hydrogens is 468 g/mol. The second-order valence-corrected chi connectivity index (χ2v) is 9.88. The van der Waals surface area contributed by atoms with Crippen LogP contribution in [0, 0.1) is 0 Å². The highest BCUT2D eigenvalue weighted by Crippen LogP contribution is 2.39. The Balaban J connectivity index is 1.65. The number of Topliss-reactive ketones (excluding diaryl/α,β-unsaturated/α-hetero) is 1. The standard InChI is InChI=1S/C30H36N2O5/c1-4-18-37-25-12-10-24(11-13-25)28(33)26-27(23-8-6-22(7-9-23)21(2)3)32(30(35)29(26)34)15-5-14-31-16-19-36-20-17-31/h4,6-13,21,27,33H,1,5,14-20H2,2-3H3. The first-order valence-electron chi connectivity index (χ1n) is 13.0. The molecule has 0 aromatic heterocycles. The van der Waals surface area contributed by atoms with Gasteiger partial charge in [-0.3, -0.25) is 9.59 Å². The topological polar surface area (TPSA) is 83.3 Å². The molecule has 37 heavy (non-hydrogen) atoms. The monoisotopic (exact) mass is 504 g/mol. The zero-order chi connectivity index (χ0) is 26.4. The summed E-state index contributed by atoms with van der Waals surface area (Å²) in [7, 11) is 0. The van der Waals surface area contributed by atoms with Gasteiger partial charge in [0.05, 0.1) is 25.8 Å². The summed E-state index contributed by atoms with van der Waals surface area (Å²) in [6.07, 6.45) is 2.38. The molecular formula is C30H36N2O5. The largest absolute Gasteiger partial charge is 0.872 e. The third-order valence-electron chi connectivity index (χ3n) is 7.06. The molecule has 2 aromatic rings. The number of ketones is 1. The van der Waals surface area contributed by atoms with Gasteiger partial charge >= 0.3 is 0 Å². The summed E-state index contributed by atoms with van der Waals surface area (Å²) in [6.45, 7) is 12.9. The van der Waals surface area contributed by atoms with Crippen LogP contribution in [-0.2, 0) is 14.3 Å². The number of nitrogens with one attached hydrogen (secondary N) is 1. The van der Waals surface area contributed by atoms with Crippen molar-refractivity contribution in [3.8, 4) is 5.75 Å². The molecule has 1 N–H and O–H groups in total. The number of carbonyl (C=O) groups excluding carboxylic acids is 2. The highest BCUT2D eigenvalue weighted by molar-refractivity contribution is 6.46. The van der Waals surface area contributed by atoms with Crippen molar-refractivity contribution < 1.29 is 29.1 Å². The molecule has 7 nitrogen and oxygen atoms in total. The van der Waals surface area contributed by atoms with Gasteiger partial charge in [-0.25, -0.2) is 0 Å². The number of carbonyl (C=O) groups is 2. The highest BCUT2D eigenvalue weighted by atomic mass is 16.5. The van der Waals surface area contributed by atoms with E-state index in [1.54, 1.807) is 35.2 Å². The van der Waals surface area contributed by atoms with Crippen molar-refractivity contribution in [3.05, 3.63) is 83.4 Å². The minimum Gasteiger partial charge on any atom is -0.872 e. The van der Waals surface area contributed by atoms with E-state index < -0.39 is 23.5 Å². The average Bonchev–Trinajstić information content (AvgIpc) is 3.17. The van der Waals surface area contributed by atoms with Crippen molar-refractivity contribution in [1.82, 2.24) is 4.90 Å². The number of amides is 1. The van der Waals surface area contributed by atoms with Gasteiger partial charge in [0.1, 0.15) is 25.4 Å². The number of rotatable bonds is 10. The summed E-state index contributed by atoms with van der Waals surface area (Å²) in [5.41, 5.74) is 2.30. The molecule has 0 aliphatic carbocycles. The van der Waals surface area contributed by atoms with E-state index in [1.807, 2.05) is 24.3 Å². The van der Waals surface area contributed by atoms with E-state index in [4.69, 9.17) is 9.47 Å². The van der Waals surface area contributed by atoms with Gasteiger partial charge < -0.3 is 24.4 Å². The van der Waals surface area contributed by atoms with Gasteiger partial charge in [-0.05, 0) is 34.7 Å². The summed E-state index contributed by atoms with van der Waals surface area (Å²) >= 11 is 0. The SMILES string of the molecule is C=CCOc1ccc(C([O-])=C2C(=O)C(=O)N(CCC[NH+]3CCOCC3)C2c2ccc(C(C)C)cc2)cc1. The van der Waals surface area contributed by atoms with Crippen molar-refractivity contribution in [2.45, 2.75) is 32.2 Å². The quantitative estimate of drug-likeness (QED) is 0.231. The molecule has 196 valence electrons. The summed E-state index contributed by atoms with van der Waals surface area (Å²) in [5, 5.41) is 13.6. The van der Waals surface area contributed by atoms with Crippen molar-refractivity contribution >= 4 is 17.4 Å². The number of benzene rings is 2. The number of likely N-dealkylation sites (tertiary alicyclic amines) is 1. The number of hydrogen-bond acceptors (Lipinski definition) is 5. The van der Waals surface area contributed by atoms with Crippen LogP contribution in [0.2, 0.25) is 0 Å². The van der Waals surface area contributed by atoms with Gasteiger partial charge in [-0.15, -0.1) is 0 Å². The molecule has 2 fully saturated rings. The highest BCUT2D eigenvalue weighted by Gasteiger charge is 2.44. The van der Waals surface area contributed by atoms with Gasteiger partial charge in [-0.1, -0.05) is 68.7 Å². The van der Waals surface area contributed by atoms with Crippen LogP contribution in [0.5, 0.6) is 5.75 Å².